The molecule has 0 atom stereocenters. The maximum Gasteiger partial charge on any atom is 0.416 e. The van der Waals surface area contributed by atoms with E-state index in [0.29, 0.717) is 33.6 Å². The molecule has 0 spiro atoms. The molecule has 0 N–H and O–H groups in total. The van der Waals surface area contributed by atoms with E-state index in [1.165, 1.54) is 6.07 Å². The SMILES string of the molecule is N#Cc1ccc(-c2ccc3c(c2)c2ccccc2n3-c2ccc(C#N)cc2-c2cc(-c3cc(C(F)(F)F)cc(C(F)(F)F)c3)ccc2-n2c3ccccc3c3cc(-c4ccc(C#N)cc4)ccc32)cc1. The molecule has 0 saturated carbocycles. The Morgan fingerprint density at radius 1 is 0.314 bits per heavy atom. The molecule has 0 aliphatic carbocycles. The molecule has 0 aliphatic heterocycles. The van der Waals surface area contributed by atoms with E-state index in [-0.39, 0.29) is 22.8 Å². The van der Waals surface area contributed by atoms with Gasteiger partial charge in [-0.3, -0.25) is 0 Å². The van der Waals surface area contributed by atoms with Crippen molar-refractivity contribution >= 4 is 43.6 Å². The molecule has 0 radical (unpaired) electrons. The average molecular weight is 924 g/mol. The number of nitrogens with zero attached hydrogens (tertiary/aromatic N) is 5. The zero-order chi connectivity index (χ0) is 48.5. The third kappa shape index (κ3) is 7.36. The molecule has 2 aromatic heterocycles. The molecule has 0 fully saturated rings. The first kappa shape index (κ1) is 43.2. The van der Waals surface area contributed by atoms with Gasteiger partial charge in [0.25, 0.3) is 0 Å². The number of para-hydroxylation sites is 2. The van der Waals surface area contributed by atoms with Gasteiger partial charge in [0, 0.05) is 32.7 Å². The van der Waals surface area contributed by atoms with Crippen LogP contribution in [0.25, 0.3) is 99.5 Å². The minimum atomic E-state index is -5.08. The van der Waals surface area contributed by atoms with E-state index in [9.17, 15) is 42.1 Å². The molecule has 0 amide bonds. The van der Waals surface area contributed by atoms with Crippen LogP contribution in [0.5, 0.6) is 0 Å². The Hall–Kier alpha value is -9.37. The summed E-state index contributed by atoms with van der Waals surface area (Å²) in [6, 6.07) is 60.2. The second kappa shape index (κ2) is 16.4. The van der Waals surface area contributed by atoms with Gasteiger partial charge in [-0.2, -0.15) is 42.1 Å². The van der Waals surface area contributed by atoms with Crippen LogP contribution in [0.1, 0.15) is 27.8 Å². The standard InChI is InChI=1S/C59H31F6N5/c60-58(61,62)44-26-43(27-45(31-44)59(63,64)65)42-20-24-57(70-53-8-4-2-6-47(53)50-29-41(19-23-56(50)70)39-16-11-36(33-67)12-17-39)51(30-42)48-25-37(34-68)13-21-54(48)69-52-7-3-1-5-46(52)49-28-40(18-22-55(49)69)38-14-9-35(32-66)10-15-38/h1-31H. The van der Waals surface area contributed by atoms with Crippen molar-refractivity contribution in [3.8, 4) is 74.1 Å². The molecule has 0 unspecified atom stereocenters. The highest BCUT2D eigenvalue weighted by molar-refractivity contribution is 6.13. The van der Waals surface area contributed by atoms with E-state index in [1.54, 1.807) is 48.5 Å². The van der Waals surface area contributed by atoms with Gasteiger partial charge in [0.15, 0.2) is 0 Å². The summed E-state index contributed by atoms with van der Waals surface area (Å²) in [6.07, 6.45) is -10.2. The summed E-state index contributed by atoms with van der Waals surface area (Å²) in [6.45, 7) is 0. The highest BCUT2D eigenvalue weighted by atomic mass is 19.4. The van der Waals surface area contributed by atoms with Crippen molar-refractivity contribution in [2.75, 3.05) is 0 Å². The molecule has 2 heterocycles. The van der Waals surface area contributed by atoms with Gasteiger partial charge < -0.3 is 9.13 Å². The summed E-state index contributed by atoms with van der Waals surface area (Å²) in [7, 11) is 0. The Morgan fingerprint density at radius 2 is 0.686 bits per heavy atom. The second-order valence-electron chi connectivity index (χ2n) is 16.9. The molecule has 9 aromatic carbocycles. The number of hydrogen-bond donors (Lipinski definition) is 0. The van der Waals surface area contributed by atoms with Crippen LogP contribution in [0.2, 0.25) is 0 Å². The fourth-order valence-electron chi connectivity index (χ4n) is 9.56. The quantitative estimate of drug-likeness (QED) is 0.156. The predicted octanol–water partition coefficient (Wildman–Crippen LogP) is 16.2. The van der Waals surface area contributed by atoms with Gasteiger partial charge in [0.2, 0.25) is 0 Å². The summed E-state index contributed by atoms with van der Waals surface area (Å²) in [5.74, 6) is 0. The predicted molar refractivity (Wildman–Crippen MR) is 261 cm³/mol. The normalized spacial score (nSPS) is 11.8. The molecule has 11 aromatic rings. The first-order valence-corrected chi connectivity index (χ1v) is 21.9. The lowest BCUT2D eigenvalue weighted by atomic mass is 9.93. The summed E-state index contributed by atoms with van der Waals surface area (Å²) in [5.41, 5.74) is 6.98. The van der Waals surface area contributed by atoms with E-state index >= 15 is 0 Å². The summed E-state index contributed by atoms with van der Waals surface area (Å²) >= 11 is 0. The zero-order valence-corrected chi connectivity index (χ0v) is 36.4. The van der Waals surface area contributed by atoms with Gasteiger partial charge in [0.1, 0.15) is 0 Å². The topological polar surface area (TPSA) is 81.2 Å². The lowest BCUT2D eigenvalue weighted by Crippen LogP contribution is -2.11. The Bertz CT molecular complexity index is 4030. The molecular weight excluding hydrogens is 893 g/mol. The lowest BCUT2D eigenvalue weighted by molar-refractivity contribution is -0.143. The van der Waals surface area contributed by atoms with Crippen LogP contribution in [-0.2, 0) is 12.4 Å². The zero-order valence-electron chi connectivity index (χ0n) is 36.4. The van der Waals surface area contributed by atoms with Crippen molar-refractivity contribution in [2.24, 2.45) is 0 Å². The first-order valence-electron chi connectivity index (χ1n) is 21.9. The number of halogens is 6. The fourth-order valence-corrected chi connectivity index (χ4v) is 9.56. The van der Waals surface area contributed by atoms with Crippen molar-refractivity contribution < 1.29 is 26.3 Å². The number of benzene rings is 9. The van der Waals surface area contributed by atoms with Crippen molar-refractivity contribution in [1.29, 1.82) is 15.8 Å². The van der Waals surface area contributed by atoms with E-state index < -0.39 is 23.5 Å². The smallest absolute Gasteiger partial charge is 0.309 e. The van der Waals surface area contributed by atoms with Gasteiger partial charge in [-0.05, 0) is 143 Å². The van der Waals surface area contributed by atoms with Gasteiger partial charge in [-0.1, -0.05) is 78.9 Å². The van der Waals surface area contributed by atoms with Crippen molar-refractivity contribution in [3.05, 3.63) is 216 Å². The largest absolute Gasteiger partial charge is 0.416 e. The number of aromatic nitrogens is 2. The minimum absolute atomic E-state index is 0.0850. The molecule has 70 heavy (non-hydrogen) atoms. The van der Waals surface area contributed by atoms with Crippen LogP contribution < -0.4 is 0 Å². The lowest BCUT2D eigenvalue weighted by Gasteiger charge is -2.21. The summed E-state index contributed by atoms with van der Waals surface area (Å²) in [4.78, 5) is 0. The van der Waals surface area contributed by atoms with Crippen LogP contribution in [0.15, 0.2) is 188 Å². The van der Waals surface area contributed by atoms with Crippen LogP contribution in [0.4, 0.5) is 26.3 Å². The second-order valence-corrected chi connectivity index (χ2v) is 16.9. The third-order valence-electron chi connectivity index (χ3n) is 12.9. The van der Waals surface area contributed by atoms with Crippen LogP contribution in [0, 0.1) is 34.0 Å². The molecule has 0 saturated heterocycles. The minimum Gasteiger partial charge on any atom is -0.309 e. The van der Waals surface area contributed by atoms with E-state index in [1.807, 2.05) is 108 Å². The number of rotatable bonds is 6. The number of hydrogen-bond acceptors (Lipinski definition) is 3. The van der Waals surface area contributed by atoms with E-state index in [0.717, 1.165) is 78.0 Å². The Labute approximate surface area is 395 Å². The number of nitriles is 3. The fraction of sp³-hybridized carbons (Fsp3) is 0.0339. The van der Waals surface area contributed by atoms with Crippen molar-refractivity contribution in [3.63, 3.8) is 0 Å². The van der Waals surface area contributed by atoms with Crippen LogP contribution >= 0.6 is 0 Å². The number of alkyl halides is 6. The van der Waals surface area contributed by atoms with Gasteiger partial charge in [0.05, 0.1) is 79.5 Å². The molecule has 5 nitrogen and oxygen atoms in total. The Morgan fingerprint density at radius 3 is 1.14 bits per heavy atom. The number of fused-ring (bicyclic) bond motifs is 6. The van der Waals surface area contributed by atoms with Gasteiger partial charge >= 0.3 is 12.4 Å². The van der Waals surface area contributed by atoms with Crippen molar-refractivity contribution in [1.82, 2.24) is 9.13 Å². The highest BCUT2D eigenvalue weighted by Crippen LogP contribution is 2.45. The Balaban J connectivity index is 1.21. The molecule has 0 aliphatic rings. The Kier molecular flexibility index (Phi) is 10.2. The maximum atomic E-state index is 14.4. The highest BCUT2D eigenvalue weighted by Gasteiger charge is 2.37. The molecular formula is C59H31F6N5. The van der Waals surface area contributed by atoms with Crippen LogP contribution in [-0.4, -0.2) is 9.13 Å². The van der Waals surface area contributed by atoms with E-state index in [2.05, 4.69) is 34.9 Å². The molecule has 0 bridgehead atoms. The van der Waals surface area contributed by atoms with Crippen molar-refractivity contribution in [2.45, 2.75) is 12.4 Å². The van der Waals surface area contributed by atoms with Crippen LogP contribution in [0.3, 0.4) is 0 Å². The molecule has 11 rings (SSSR count). The summed E-state index contributed by atoms with van der Waals surface area (Å²) in [5, 5.41) is 32.9. The third-order valence-corrected chi connectivity index (χ3v) is 12.9. The van der Waals surface area contributed by atoms with Gasteiger partial charge in [-0.15, -0.1) is 0 Å². The summed E-state index contributed by atoms with van der Waals surface area (Å²) < 4.78 is 90.4. The monoisotopic (exact) mass is 923 g/mol. The average Bonchev–Trinajstić information content (AvgIpc) is 3.89. The van der Waals surface area contributed by atoms with Gasteiger partial charge in [-0.25, -0.2) is 0 Å². The first-order chi connectivity index (χ1) is 33.8. The molecule has 334 valence electrons. The maximum absolute atomic E-state index is 14.4. The molecule has 11 heteroatoms. The van der Waals surface area contributed by atoms with E-state index in [4.69, 9.17) is 0 Å².